The molecule has 1 saturated heterocycles. The van der Waals surface area contributed by atoms with Crippen LogP contribution in [0.25, 0.3) is 0 Å². The zero-order valence-corrected chi connectivity index (χ0v) is 20.1. The first-order valence-corrected chi connectivity index (χ1v) is 12.8. The summed E-state index contributed by atoms with van der Waals surface area (Å²) in [7, 11) is -0.386. The minimum Gasteiger partial charge on any atom is -0.497 e. The van der Waals surface area contributed by atoms with Crippen molar-refractivity contribution in [1.29, 1.82) is 0 Å². The Hall–Kier alpha value is -2.97. The molecule has 180 valence electrons. The molecule has 0 spiro atoms. The lowest BCUT2D eigenvalue weighted by atomic mass is 9.86. The molecular weight excluding hydrogens is 460 g/mol. The number of halogens is 2. The number of ether oxygens (including phenoxy) is 2. The summed E-state index contributed by atoms with van der Waals surface area (Å²) in [4.78, 5) is 2.17. The summed E-state index contributed by atoms with van der Waals surface area (Å²) in [6, 6.07) is 18.3. The van der Waals surface area contributed by atoms with Gasteiger partial charge in [-0.1, -0.05) is 24.3 Å². The molecule has 0 radical (unpaired) electrons. The molecule has 4 rings (SSSR count). The lowest BCUT2D eigenvalue weighted by Gasteiger charge is -2.47. The minimum atomic E-state index is -3.60. The highest BCUT2D eigenvalue weighted by Crippen LogP contribution is 2.42. The van der Waals surface area contributed by atoms with E-state index in [0.717, 1.165) is 47.1 Å². The molecule has 0 N–H and O–H groups in total. The van der Waals surface area contributed by atoms with Crippen molar-refractivity contribution < 1.29 is 26.7 Å². The van der Waals surface area contributed by atoms with Crippen molar-refractivity contribution >= 4 is 9.84 Å². The van der Waals surface area contributed by atoms with E-state index in [2.05, 4.69) is 4.90 Å². The van der Waals surface area contributed by atoms with Crippen LogP contribution in [0.1, 0.15) is 28.0 Å². The Morgan fingerprint density at radius 1 is 0.794 bits per heavy atom. The summed E-state index contributed by atoms with van der Waals surface area (Å²) in [6.07, 6.45) is 1.12. The van der Waals surface area contributed by atoms with Crippen LogP contribution in [-0.2, 0) is 9.84 Å². The van der Waals surface area contributed by atoms with Gasteiger partial charge in [0.1, 0.15) is 23.1 Å². The van der Waals surface area contributed by atoms with Crippen LogP contribution in [0, 0.1) is 17.6 Å². The second kappa shape index (κ2) is 9.72. The molecule has 3 aromatic rings. The van der Waals surface area contributed by atoms with Crippen molar-refractivity contribution in [3.05, 3.63) is 95.1 Å². The molecule has 8 heteroatoms. The van der Waals surface area contributed by atoms with Crippen LogP contribution in [0.5, 0.6) is 11.5 Å². The van der Waals surface area contributed by atoms with Crippen molar-refractivity contribution in [2.45, 2.75) is 11.3 Å². The summed E-state index contributed by atoms with van der Waals surface area (Å²) in [5.74, 6) is -0.383. The van der Waals surface area contributed by atoms with Gasteiger partial charge >= 0.3 is 0 Å². The first-order chi connectivity index (χ1) is 16.2. The van der Waals surface area contributed by atoms with Crippen molar-refractivity contribution in [2.75, 3.05) is 33.6 Å². The Morgan fingerprint density at radius 3 is 1.62 bits per heavy atom. The van der Waals surface area contributed by atoms with Crippen LogP contribution < -0.4 is 9.47 Å². The number of benzene rings is 3. The Labute approximate surface area is 198 Å². The molecule has 0 aromatic heterocycles. The lowest BCUT2D eigenvalue weighted by Crippen LogP contribution is -2.52. The van der Waals surface area contributed by atoms with Gasteiger partial charge in [0.05, 0.1) is 25.5 Å². The fourth-order valence-electron chi connectivity index (χ4n) is 4.75. The van der Waals surface area contributed by atoms with Gasteiger partial charge in [-0.3, -0.25) is 4.90 Å². The maximum Gasteiger partial charge on any atom is 0.154 e. The monoisotopic (exact) mass is 487 g/mol. The molecule has 1 aliphatic rings. The fraction of sp³-hybridized carbons (Fsp3) is 0.308. The Bertz CT molecular complexity index is 1170. The maximum absolute atomic E-state index is 13.9. The van der Waals surface area contributed by atoms with Gasteiger partial charge in [-0.05, 0) is 53.1 Å². The molecule has 0 saturated carbocycles. The van der Waals surface area contributed by atoms with E-state index in [4.69, 9.17) is 9.47 Å². The molecule has 1 unspecified atom stereocenters. The number of nitrogens with zero attached hydrogens (tertiary/aromatic N) is 1. The smallest absolute Gasteiger partial charge is 0.154 e. The average Bonchev–Trinajstić information content (AvgIpc) is 2.76. The van der Waals surface area contributed by atoms with Crippen LogP contribution >= 0.6 is 0 Å². The van der Waals surface area contributed by atoms with Gasteiger partial charge in [0.15, 0.2) is 9.84 Å². The van der Waals surface area contributed by atoms with Crippen LogP contribution in [-0.4, -0.2) is 46.9 Å². The van der Waals surface area contributed by atoms with E-state index in [1.54, 1.807) is 14.2 Å². The molecule has 1 heterocycles. The van der Waals surface area contributed by atoms with E-state index in [1.807, 2.05) is 48.5 Å². The molecule has 3 aromatic carbocycles. The van der Waals surface area contributed by atoms with Crippen LogP contribution in [0.4, 0.5) is 8.78 Å². The SMILES string of the molecule is COc1ccc(C(c2ccc(OC)cc2)N2CC(C(c3cc(F)cc(F)c3)S(C)(=O)=O)C2)cc1. The summed E-state index contributed by atoms with van der Waals surface area (Å²) in [6.45, 7) is 0.914. The predicted octanol–water partition coefficient (Wildman–Crippen LogP) is 4.79. The molecule has 1 aliphatic heterocycles. The number of rotatable bonds is 8. The van der Waals surface area contributed by atoms with E-state index in [0.29, 0.717) is 13.1 Å². The molecule has 0 amide bonds. The first-order valence-electron chi connectivity index (χ1n) is 10.9. The van der Waals surface area contributed by atoms with E-state index in [9.17, 15) is 17.2 Å². The van der Waals surface area contributed by atoms with Crippen molar-refractivity contribution in [1.82, 2.24) is 4.90 Å². The number of methoxy groups -OCH3 is 2. The second-order valence-electron chi connectivity index (χ2n) is 8.62. The van der Waals surface area contributed by atoms with Crippen molar-refractivity contribution in [3.63, 3.8) is 0 Å². The Balaban J connectivity index is 1.64. The normalized spacial score (nSPS) is 15.7. The summed E-state index contributed by atoms with van der Waals surface area (Å²) in [5.41, 5.74) is 2.20. The Kier molecular flexibility index (Phi) is 6.91. The quantitative estimate of drug-likeness (QED) is 0.457. The summed E-state index contributed by atoms with van der Waals surface area (Å²) in [5, 5.41) is -0.985. The summed E-state index contributed by atoms with van der Waals surface area (Å²) < 4.78 is 63.6. The van der Waals surface area contributed by atoms with Gasteiger partial charge in [0.25, 0.3) is 0 Å². The molecule has 1 fully saturated rings. The lowest BCUT2D eigenvalue weighted by molar-refractivity contribution is 0.0654. The highest BCUT2D eigenvalue weighted by atomic mass is 32.2. The molecule has 0 bridgehead atoms. The molecule has 5 nitrogen and oxygen atoms in total. The number of likely N-dealkylation sites (tertiary alicyclic amines) is 1. The highest BCUT2D eigenvalue weighted by Gasteiger charge is 2.43. The topological polar surface area (TPSA) is 55.8 Å². The number of sulfone groups is 1. The van der Waals surface area contributed by atoms with Crippen LogP contribution in [0.3, 0.4) is 0 Å². The van der Waals surface area contributed by atoms with Gasteiger partial charge < -0.3 is 9.47 Å². The van der Waals surface area contributed by atoms with Gasteiger partial charge in [-0.2, -0.15) is 0 Å². The zero-order valence-electron chi connectivity index (χ0n) is 19.2. The van der Waals surface area contributed by atoms with Crippen LogP contribution in [0.2, 0.25) is 0 Å². The zero-order chi connectivity index (χ0) is 24.5. The van der Waals surface area contributed by atoms with Crippen molar-refractivity contribution in [2.24, 2.45) is 5.92 Å². The molecule has 1 atom stereocenters. The average molecular weight is 488 g/mol. The van der Waals surface area contributed by atoms with E-state index >= 15 is 0 Å². The second-order valence-corrected chi connectivity index (χ2v) is 10.8. The van der Waals surface area contributed by atoms with E-state index in [1.165, 1.54) is 0 Å². The maximum atomic E-state index is 13.9. The van der Waals surface area contributed by atoms with E-state index in [-0.39, 0.29) is 17.5 Å². The van der Waals surface area contributed by atoms with E-state index < -0.39 is 26.7 Å². The van der Waals surface area contributed by atoms with Gasteiger partial charge in [0, 0.05) is 31.3 Å². The first kappa shape index (κ1) is 24.2. The molecule has 0 aliphatic carbocycles. The summed E-state index contributed by atoms with van der Waals surface area (Å²) >= 11 is 0. The third-order valence-corrected chi connectivity index (χ3v) is 7.85. The van der Waals surface area contributed by atoms with Crippen molar-refractivity contribution in [3.8, 4) is 11.5 Å². The Morgan fingerprint density at radius 2 is 1.24 bits per heavy atom. The van der Waals surface area contributed by atoms with Gasteiger partial charge in [-0.25, -0.2) is 17.2 Å². The fourth-order valence-corrected chi connectivity index (χ4v) is 6.25. The van der Waals surface area contributed by atoms with Gasteiger partial charge in [0.2, 0.25) is 0 Å². The number of hydrogen-bond donors (Lipinski definition) is 0. The third-order valence-electron chi connectivity index (χ3n) is 6.27. The minimum absolute atomic E-state index is 0.127. The standard InChI is InChI=1S/C26H27F2NO4S/c1-32-23-8-4-17(5-9-23)25(18-6-10-24(33-2)11-7-18)29-15-20(16-29)26(34(3,30)31)19-12-21(27)14-22(28)13-19/h4-14,20,25-26H,15-16H2,1-3H3. The van der Waals surface area contributed by atoms with Crippen LogP contribution in [0.15, 0.2) is 66.7 Å². The molecule has 34 heavy (non-hydrogen) atoms. The molecular formula is C26H27F2NO4S. The number of hydrogen-bond acceptors (Lipinski definition) is 5. The predicted molar refractivity (Wildman–Crippen MR) is 127 cm³/mol. The third kappa shape index (κ3) is 5.08. The van der Waals surface area contributed by atoms with Gasteiger partial charge in [-0.15, -0.1) is 0 Å². The largest absolute Gasteiger partial charge is 0.497 e. The highest BCUT2D eigenvalue weighted by molar-refractivity contribution is 7.90.